The highest BCUT2D eigenvalue weighted by molar-refractivity contribution is 6.01. The number of para-hydroxylation sites is 1. The Morgan fingerprint density at radius 1 is 1.26 bits per heavy atom. The van der Waals surface area contributed by atoms with Gasteiger partial charge in [-0.05, 0) is 25.5 Å². The van der Waals surface area contributed by atoms with Crippen molar-refractivity contribution in [2.45, 2.75) is 25.9 Å². The van der Waals surface area contributed by atoms with Crippen molar-refractivity contribution in [1.29, 1.82) is 0 Å². The monoisotopic (exact) mass is 380 g/mol. The Balaban J connectivity index is 1.69. The topological polar surface area (TPSA) is 108 Å². The second-order valence-electron chi connectivity index (χ2n) is 6.02. The average Bonchev–Trinajstić information content (AvgIpc) is 2.87. The summed E-state index contributed by atoms with van der Waals surface area (Å²) in [5.74, 6) is -2.13. The number of hydrogen-bond donors (Lipinski definition) is 2. The molecule has 0 bridgehead atoms. The van der Waals surface area contributed by atoms with Gasteiger partial charge >= 0.3 is 6.03 Å². The lowest BCUT2D eigenvalue weighted by Gasteiger charge is -2.16. The molecule has 146 valence electrons. The van der Waals surface area contributed by atoms with Crippen molar-refractivity contribution in [3.63, 3.8) is 0 Å². The molecular formula is C17H21FN4O5. The normalized spacial score (nSPS) is 14.9. The smallest absolute Gasteiger partial charge is 0.326 e. The van der Waals surface area contributed by atoms with Crippen LogP contribution in [0.5, 0.6) is 5.75 Å². The minimum Gasteiger partial charge on any atom is -0.478 e. The molecule has 5 amide bonds. The number of carbonyl (C=O) groups is 4. The maximum absolute atomic E-state index is 13.5. The number of carbonyl (C=O) groups excluding carboxylic acids is 4. The van der Waals surface area contributed by atoms with E-state index < -0.39 is 29.8 Å². The van der Waals surface area contributed by atoms with Crippen molar-refractivity contribution in [2.24, 2.45) is 0 Å². The predicted molar refractivity (Wildman–Crippen MR) is 91.7 cm³/mol. The molecule has 1 atom stereocenters. The number of nitrogens with one attached hydrogen (secondary N) is 2. The third kappa shape index (κ3) is 5.40. The van der Waals surface area contributed by atoms with E-state index in [4.69, 9.17) is 4.74 Å². The van der Waals surface area contributed by atoms with Crippen molar-refractivity contribution >= 4 is 23.8 Å². The van der Waals surface area contributed by atoms with Gasteiger partial charge in [0.05, 0.1) is 0 Å². The van der Waals surface area contributed by atoms with Crippen molar-refractivity contribution < 1.29 is 28.3 Å². The lowest BCUT2D eigenvalue weighted by Crippen LogP contribution is -2.47. The molecule has 27 heavy (non-hydrogen) atoms. The van der Waals surface area contributed by atoms with Crippen molar-refractivity contribution in [1.82, 2.24) is 20.7 Å². The molecule has 1 aliphatic heterocycles. The molecular weight excluding hydrogens is 359 g/mol. The minimum atomic E-state index is -1.03. The fourth-order valence-electron chi connectivity index (χ4n) is 2.37. The number of hydrogen-bond acceptors (Lipinski definition) is 5. The molecule has 1 aromatic carbocycles. The summed E-state index contributed by atoms with van der Waals surface area (Å²) < 4.78 is 18.7. The van der Waals surface area contributed by atoms with E-state index >= 15 is 0 Å². The van der Waals surface area contributed by atoms with Gasteiger partial charge in [0.1, 0.15) is 6.54 Å². The summed E-state index contributed by atoms with van der Waals surface area (Å²) in [7, 11) is 1.52. The first-order chi connectivity index (χ1) is 12.8. The number of rotatable bonds is 7. The standard InChI is InChI=1S/C17H21FN4O5/c1-11(27-13-7-4-3-6-12(13)18)16(25)20-19-14(23)8-5-9-22-15(24)10-21(2)17(22)26/h3-4,6-7,11H,5,8-10H2,1-2H3,(H,19,23)(H,20,25)/t11-/m1/s1. The van der Waals surface area contributed by atoms with E-state index in [9.17, 15) is 23.6 Å². The van der Waals surface area contributed by atoms with Crippen LogP contribution in [-0.2, 0) is 14.4 Å². The van der Waals surface area contributed by atoms with Crippen LogP contribution in [0.1, 0.15) is 19.8 Å². The number of likely N-dealkylation sites (N-methyl/N-ethyl adjacent to an activating group) is 1. The molecule has 1 fully saturated rings. The van der Waals surface area contributed by atoms with Crippen LogP contribution in [-0.4, -0.2) is 59.8 Å². The summed E-state index contributed by atoms with van der Waals surface area (Å²) in [6, 6.07) is 5.26. The molecule has 0 unspecified atom stereocenters. The molecule has 1 aromatic rings. The maximum Gasteiger partial charge on any atom is 0.326 e. The lowest BCUT2D eigenvalue weighted by atomic mass is 10.3. The van der Waals surface area contributed by atoms with Gasteiger partial charge in [-0.2, -0.15) is 0 Å². The first-order valence-corrected chi connectivity index (χ1v) is 8.35. The van der Waals surface area contributed by atoms with Gasteiger partial charge in [0.15, 0.2) is 17.7 Å². The molecule has 0 aromatic heterocycles. The van der Waals surface area contributed by atoms with Crippen LogP contribution in [0.2, 0.25) is 0 Å². The van der Waals surface area contributed by atoms with Gasteiger partial charge in [0, 0.05) is 20.0 Å². The van der Waals surface area contributed by atoms with Gasteiger partial charge < -0.3 is 9.64 Å². The number of hydrazine groups is 1. The lowest BCUT2D eigenvalue weighted by molar-refractivity contribution is -0.132. The Hall–Kier alpha value is -3.17. The number of halogens is 1. The van der Waals surface area contributed by atoms with Crippen molar-refractivity contribution in [3.05, 3.63) is 30.1 Å². The number of nitrogens with zero attached hydrogens (tertiary/aromatic N) is 2. The van der Waals surface area contributed by atoms with Gasteiger partial charge in [-0.3, -0.25) is 30.1 Å². The minimum absolute atomic E-state index is 0.00358. The van der Waals surface area contributed by atoms with E-state index in [1.807, 2.05) is 0 Å². The molecule has 2 N–H and O–H groups in total. The summed E-state index contributed by atoms with van der Waals surface area (Å²) in [4.78, 5) is 49.3. The largest absolute Gasteiger partial charge is 0.478 e. The van der Waals surface area contributed by atoms with E-state index in [1.54, 1.807) is 6.07 Å². The van der Waals surface area contributed by atoms with Gasteiger partial charge in [-0.1, -0.05) is 12.1 Å². The second-order valence-corrected chi connectivity index (χ2v) is 6.02. The predicted octanol–water partition coefficient (Wildman–Crippen LogP) is 0.415. The summed E-state index contributed by atoms with van der Waals surface area (Å²) in [6.45, 7) is 1.56. The SMILES string of the molecule is C[C@@H](Oc1ccccc1F)C(=O)NNC(=O)CCCN1C(=O)CN(C)C1=O. The number of ether oxygens (including phenoxy) is 1. The van der Waals surface area contributed by atoms with Crippen LogP contribution >= 0.6 is 0 Å². The Labute approximate surface area is 155 Å². The molecule has 0 spiro atoms. The summed E-state index contributed by atoms with van der Waals surface area (Å²) >= 11 is 0. The van der Waals surface area contributed by atoms with Gasteiger partial charge in [-0.25, -0.2) is 9.18 Å². The third-order valence-electron chi connectivity index (χ3n) is 3.85. The molecule has 0 radical (unpaired) electrons. The van der Waals surface area contributed by atoms with E-state index in [-0.39, 0.29) is 37.6 Å². The van der Waals surface area contributed by atoms with Crippen LogP contribution < -0.4 is 15.6 Å². The third-order valence-corrected chi connectivity index (χ3v) is 3.85. The Morgan fingerprint density at radius 3 is 2.59 bits per heavy atom. The fraction of sp³-hybridized carbons (Fsp3) is 0.412. The van der Waals surface area contributed by atoms with Crippen LogP contribution in [0, 0.1) is 5.82 Å². The van der Waals surface area contributed by atoms with Crippen LogP contribution in [0.3, 0.4) is 0 Å². The molecule has 2 rings (SSSR count). The highest BCUT2D eigenvalue weighted by atomic mass is 19.1. The summed E-state index contributed by atoms with van der Waals surface area (Å²) in [5.41, 5.74) is 4.39. The zero-order valence-electron chi connectivity index (χ0n) is 15.0. The first kappa shape index (κ1) is 20.1. The Morgan fingerprint density at radius 2 is 1.96 bits per heavy atom. The summed E-state index contributed by atoms with van der Waals surface area (Å²) in [5, 5.41) is 0. The number of amides is 5. The van der Waals surface area contributed by atoms with E-state index in [1.165, 1.54) is 37.1 Å². The molecule has 1 heterocycles. The molecule has 10 heteroatoms. The average molecular weight is 380 g/mol. The van der Waals surface area contributed by atoms with E-state index in [2.05, 4.69) is 10.9 Å². The van der Waals surface area contributed by atoms with Crippen molar-refractivity contribution in [2.75, 3.05) is 20.1 Å². The fourth-order valence-corrected chi connectivity index (χ4v) is 2.37. The van der Waals surface area contributed by atoms with Gasteiger partial charge in [0.2, 0.25) is 11.8 Å². The van der Waals surface area contributed by atoms with E-state index in [0.717, 1.165) is 4.90 Å². The second kappa shape index (κ2) is 8.97. The van der Waals surface area contributed by atoms with E-state index in [0.29, 0.717) is 0 Å². The van der Waals surface area contributed by atoms with Crippen LogP contribution in [0.15, 0.2) is 24.3 Å². The first-order valence-electron chi connectivity index (χ1n) is 8.35. The number of imide groups is 1. The molecule has 0 saturated carbocycles. The highest BCUT2D eigenvalue weighted by Gasteiger charge is 2.32. The zero-order chi connectivity index (χ0) is 20.0. The molecule has 1 saturated heterocycles. The van der Waals surface area contributed by atoms with Gasteiger partial charge in [0.25, 0.3) is 5.91 Å². The highest BCUT2D eigenvalue weighted by Crippen LogP contribution is 2.16. The van der Waals surface area contributed by atoms with Gasteiger partial charge in [-0.15, -0.1) is 0 Å². The number of urea groups is 1. The maximum atomic E-state index is 13.5. The summed E-state index contributed by atoms with van der Waals surface area (Å²) in [6.07, 6.45) is -0.768. The van der Waals surface area contributed by atoms with Crippen LogP contribution in [0.4, 0.5) is 9.18 Å². The Kier molecular flexibility index (Phi) is 6.69. The molecule has 9 nitrogen and oxygen atoms in total. The number of benzene rings is 1. The molecule has 1 aliphatic rings. The molecule has 0 aliphatic carbocycles. The Bertz CT molecular complexity index is 742. The van der Waals surface area contributed by atoms with Crippen molar-refractivity contribution in [3.8, 4) is 5.75 Å². The zero-order valence-corrected chi connectivity index (χ0v) is 15.0. The van der Waals surface area contributed by atoms with Crippen LogP contribution in [0.25, 0.3) is 0 Å². The quantitative estimate of drug-likeness (QED) is 0.526.